The Hall–Kier alpha value is -2.04. The summed E-state index contributed by atoms with van der Waals surface area (Å²) in [5.41, 5.74) is 0.269. The van der Waals surface area contributed by atoms with Gasteiger partial charge in [0.15, 0.2) is 5.43 Å². The first-order valence-electron chi connectivity index (χ1n) is 6.69. The summed E-state index contributed by atoms with van der Waals surface area (Å²) >= 11 is 0. The minimum Gasteiger partial charge on any atom is -0.356 e. The van der Waals surface area contributed by atoms with E-state index in [-0.39, 0.29) is 5.43 Å². The summed E-state index contributed by atoms with van der Waals surface area (Å²) in [7, 11) is 1.76. The van der Waals surface area contributed by atoms with Gasteiger partial charge < -0.3 is 4.57 Å². The third-order valence-electron chi connectivity index (χ3n) is 3.25. The van der Waals surface area contributed by atoms with E-state index in [1.165, 1.54) is 12.1 Å². The molecule has 0 unspecified atom stereocenters. The van der Waals surface area contributed by atoms with Crippen LogP contribution in [0.1, 0.15) is 24.5 Å². The second-order valence-corrected chi connectivity index (χ2v) is 5.02. The molecule has 0 saturated heterocycles. The van der Waals surface area contributed by atoms with Crippen molar-refractivity contribution in [2.45, 2.75) is 25.9 Å². The lowest BCUT2D eigenvalue weighted by molar-refractivity contribution is -0.137. The van der Waals surface area contributed by atoms with Gasteiger partial charge in [-0.2, -0.15) is 13.2 Å². The van der Waals surface area contributed by atoms with E-state index in [0.29, 0.717) is 23.1 Å². The number of benzene rings is 1. The SMILES string of the molecule is CCCc1cn(C)cc(-c2cccc(C(F)(F)F)c2)c1=O. The van der Waals surface area contributed by atoms with Gasteiger partial charge in [0.25, 0.3) is 0 Å². The maximum atomic E-state index is 12.8. The van der Waals surface area contributed by atoms with Crippen molar-refractivity contribution in [2.75, 3.05) is 0 Å². The Morgan fingerprint density at radius 1 is 1.19 bits per heavy atom. The van der Waals surface area contributed by atoms with Crippen LogP contribution in [0.5, 0.6) is 0 Å². The Kier molecular flexibility index (Phi) is 4.21. The number of aromatic nitrogens is 1. The van der Waals surface area contributed by atoms with Gasteiger partial charge in [-0.3, -0.25) is 4.79 Å². The lowest BCUT2D eigenvalue weighted by Crippen LogP contribution is -2.15. The number of aryl methyl sites for hydroxylation is 2. The zero-order valence-corrected chi connectivity index (χ0v) is 11.9. The van der Waals surface area contributed by atoms with Gasteiger partial charge in [0, 0.05) is 30.6 Å². The zero-order chi connectivity index (χ0) is 15.6. The molecule has 1 aromatic carbocycles. The molecule has 0 fully saturated rings. The minimum atomic E-state index is -4.41. The lowest BCUT2D eigenvalue weighted by atomic mass is 10.0. The number of halogens is 3. The molecule has 2 aromatic rings. The second kappa shape index (κ2) is 5.76. The van der Waals surface area contributed by atoms with Crippen LogP contribution < -0.4 is 5.43 Å². The van der Waals surface area contributed by atoms with Crippen LogP contribution in [0.15, 0.2) is 41.5 Å². The Morgan fingerprint density at radius 3 is 2.52 bits per heavy atom. The largest absolute Gasteiger partial charge is 0.416 e. The Balaban J connectivity index is 2.59. The number of alkyl halides is 3. The van der Waals surface area contributed by atoms with E-state index < -0.39 is 11.7 Å². The van der Waals surface area contributed by atoms with Gasteiger partial charge in [0.2, 0.25) is 0 Å². The molecule has 0 N–H and O–H groups in total. The average molecular weight is 295 g/mol. The smallest absolute Gasteiger partial charge is 0.356 e. The summed E-state index contributed by atoms with van der Waals surface area (Å²) in [4.78, 5) is 12.4. The van der Waals surface area contributed by atoms with E-state index in [2.05, 4.69) is 0 Å². The summed E-state index contributed by atoms with van der Waals surface area (Å²) in [6, 6.07) is 4.88. The third kappa shape index (κ3) is 3.35. The van der Waals surface area contributed by atoms with Crippen molar-refractivity contribution >= 4 is 0 Å². The zero-order valence-electron chi connectivity index (χ0n) is 11.9. The summed E-state index contributed by atoms with van der Waals surface area (Å²) in [6.45, 7) is 1.95. The Labute approximate surface area is 120 Å². The van der Waals surface area contributed by atoms with E-state index in [4.69, 9.17) is 0 Å². The van der Waals surface area contributed by atoms with Gasteiger partial charge in [0.1, 0.15) is 0 Å². The summed E-state index contributed by atoms with van der Waals surface area (Å²) < 4.78 is 40.1. The van der Waals surface area contributed by atoms with Gasteiger partial charge in [-0.1, -0.05) is 25.5 Å². The van der Waals surface area contributed by atoms with Crippen LogP contribution in [0.4, 0.5) is 13.2 Å². The molecule has 21 heavy (non-hydrogen) atoms. The fraction of sp³-hybridized carbons (Fsp3) is 0.312. The van der Waals surface area contributed by atoms with E-state index in [0.717, 1.165) is 18.6 Å². The molecule has 2 nitrogen and oxygen atoms in total. The third-order valence-corrected chi connectivity index (χ3v) is 3.25. The number of rotatable bonds is 3. The Morgan fingerprint density at radius 2 is 1.90 bits per heavy atom. The molecule has 0 aliphatic carbocycles. The fourth-order valence-electron chi connectivity index (χ4n) is 2.29. The van der Waals surface area contributed by atoms with E-state index in [1.54, 1.807) is 24.0 Å². The highest BCUT2D eigenvalue weighted by atomic mass is 19.4. The first-order valence-corrected chi connectivity index (χ1v) is 6.69. The number of nitrogens with zero attached hydrogens (tertiary/aromatic N) is 1. The molecular weight excluding hydrogens is 279 g/mol. The van der Waals surface area contributed by atoms with Crippen LogP contribution in [0.3, 0.4) is 0 Å². The highest BCUT2D eigenvalue weighted by Crippen LogP contribution is 2.31. The average Bonchev–Trinajstić information content (AvgIpc) is 2.42. The van der Waals surface area contributed by atoms with Gasteiger partial charge in [-0.05, 0) is 24.1 Å². The first kappa shape index (κ1) is 15.4. The summed E-state index contributed by atoms with van der Waals surface area (Å²) in [5, 5.41) is 0. The first-order chi connectivity index (χ1) is 9.82. The van der Waals surface area contributed by atoms with Crippen molar-refractivity contribution in [2.24, 2.45) is 7.05 Å². The highest BCUT2D eigenvalue weighted by Gasteiger charge is 2.30. The molecule has 0 spiro atoms. The summed E-state index contributed by atoms with van der Waals surface area (Å²) in [6.07, 6.45) is 0.295. The van der Waals surface area contributed by atoms with Crippen LogP contribution in [0.25, 0.3) is 11.1 Å². The Bertz CT molecular complexity index is 701. The normalized spacial score (nSPS) is 11.7. The van der Waals surface area contributed by atoms with Gasteiger partial charge in [0.05, 0.1) is 5.56 Å². The molecule has 0 bridgehead atoms. The molecular formula is C16H16F3NO. The molecule has 5 heteroatoms. The molecule has 1 aromatic heterocycles. The molecule has 0 aliphatic heterocycles. The predicted octanol–water partition coefficient (Wildman–Crippen LogP) is 4.02. The molecule has 0 aliphatic rings. The monoisotopic (exact) mass is 295 g/mol. The fourth-order valence-corrected chi connectivity index (χ4v) is 2.29. The van der Waals surface area contributed by atoms with Crippen molar-refractivity contribution in [1.29, 1.82) is 0 Å². The van der Waals surface area contributed by atoms with E-state index >= 15 is 0 Å². The second-order valence-electron chi connectivity index (χ2n) is 5.02. The maximum Gasteiger partial charge on any atom is 0.416 e. The van der Waals surface area contributed by atoms with Crippen molar-refractivity contribution in [3.63, 3.8) is 0 Å². The topological polar surface area (TPSA) is 22.0 Å². The van der Waals surface area contributed by atoms with Crippen LogP contribution in [-0.2, 0) is 19.6 Å². The van der Waals surface area contributed by atoms with Crippen LogP contribution in [0.2, 0.25) is 0 Å². The molecule has 2 rings (SSSR count). The molecule has 0 amide bonds. The summed E-state index contributed by atoms with van der Waals surface area (Å²) in [5.74, 6) is 0. The molecule has 0 atom stereocenters. The van der Waals surface area contributed by atoms with Crippen LogP contribution in [0, 0.1) is 0 Å². The molecule has 0 saturated carbocycles. The molecule has 1 heterocycles. The molecule has 0 radical (unpaired) electrons. The standard InChI is InChI=1S/C16H16F3NO/c1-3-5-12-9-20(2)10-14(15(12)21)11-6-4-7-13(8-11)16(17,18)19/h4,6-10H,3,5H2,1-2H3. The van der Waals surface area contributed by atoms with Crippen LogP contribution in [-0.4, -0.2) is 4.57 Å². The molecule has 112 valence electrons. The number of pyridine rings is 1. The lowest BCUT2D eigenvalue weighted by Gasteiger charge is -2.11. The van der Waals surface area contributed by atoms with E-state index in [1.807, 2.05) is 6.92 Å². The highest BCUT2D eigenvalue weighted by molar-refractivity contribution is 5.64. The quantitative estimate of drug-likeness (QED) is 0.838. The van der Waals surface area contributed by atoms with Gasteiger partial charge >= 0.3 is 6.18 Å². The predicted molar refractivity (Wildman–Crippen MR) is 76.1 cm³/mol. The van der Waals surface area contributed by atoms with Crippen molar-refractivity contribution < 1.29 is 13.2 Å². The number of hydrogen-bond donors (Lipinski definition) is 0. The van der Waals surface area contributed by atoms with E-state index in [9.17, 15) is 18.0 Å². The van der Waals surface area contributed by atoms with Crippen molar-refractivity contribution in [3.8, 4) is 11.1 Å². The van der Waals surface area contributed by atoms with Gasteiger partial charge in [-0.15, -0.1) is 0 Å². The van der Waals surface area contributed by atoms with Gasteiger partial charge in [-0.25, -0.2) is 0 Å². The maximum absolute atomic E-state index is 12.8. The van der Waals surface area contributed by atoms with Crippen LogP contribution >= 0.6 is 0 Å². The number of hydrogen-bond acceptors (Lipinski definition) is 1. The minimum absolute atomic E-state index is 0.200. The van der Waals surface area contributed by atoms with Crippen molar-refractivity contribution in [1.82, 2.24) is 4.57 Å². The van der Waals surface area contributed by atoms with Crippen molar-refractivity contribution in [3.05, 3.63) is 58.0 Å².